The third kappa shape index (κ3) is 4.14. The molecule has 1 aromatic carbocycles. The predicted molar refractivity (Wildman–Crippen MR) is 102 cm³/mol. The van der Waals surface area contributed by atoms with Crippen molar-refractivity contribution in [2.24, 2.45) is 0 Å². The molecule has 2 amide bonds. The number of rotatable bonds is 5. The number of likely N-dealkylation sites (N-methyl/N-ethyl adjacent to an activating group) is 1. The highest BCUT2D eigenvalue weighted by Gasteiger charge is 2.17. The molecule has 0 saturated heterocycles. The Bertz CT molecular complexity index is 940. The minimum Gasteiger partial charge on any atom is -0.332 e. The monoisotopic (exact) mass is 434 g/mol. The minimum atomic E-state index is -0.289. The Labute approximate surface area is 161 Å². The van der Waals surface area contributed by atoms with E-state index in [0.29, 0.717) is 10.6 Å². The minimum absolute atomic E-state index is 0.0531. The van der Waals surface area contributed by atoms with Crippen molar-refractivity contribution in [2.75, 3.05) is 18.9 Å². The number of anilines is 1. The van der Waals surface area contributed by atoms with Gasteiger partial charge in [0.2, 0.25) is 5.91 Å². The van der Waals surface area contributed by atoms with Gasteiger partial charge >= 0.3 is 0 Å². The zero-order valence-electron chi connectivity index (χ0n) is 14.0. The van der Waals surface area contributed by atoms with E-state index in [1.54, 1.807) is 31.3 Å². The molecule has 0 radical (unpaired) electrons. The lowest BCUT2D eigenvalue weighted by atomic mass is 10.2. The molecule has 0 unspecified atom stereocenters. The van der Waals surface area contributed by atoms with Crippen LogP contribution < -0.4 is 5.32 Å². The second-order valence-electron chi connectivity index (χ2n) is 5.57. The Morgan fingerprint density at radius 1 is 1.31 bits per heavy atom. The third-order valence-corrected chi connectivity index (χ3v) is 5.21. The van der Waals surface area contributed by atoms with Crippen molar-refractivity contribution in [2.45, 2.75) is 6.92 Å². The molecule has 3 aromatic rings. The molecule has 134 valence electrons. The van der Waals surface area contributed by atoms with Crippen LogP contribution in [0.3, 0.4) is 0 Å². The number of hydrogen-bond acceptors (Lipinski definition) is 6. The van der Waals surface area contributed by atoms with Crippen molar-refractivity contribution in [3.05, 3.63) is 50.9 Å². The number of carbonyl (C=O) groups excluding carboxylic acids is 2. The summed E-state index contributed by atoms with van der Waals surface area (Å²) in [6, 6.07) is 8.97. The Balaban J connectivity index is 1.66. The summed E-state index contributed by atoms with van der Waals surface area (Å²) in [6.07, 6.45) is 1.49. The smallest absolute Gasteiger partial charge is 0.264 e. The molecule has 2 heterocycles. The van der Waals surface area contributed by atoms with Crippen molar-refractivity contribution in [1.29, 1.82) is 0 Å². The summed E-state index contributed by atoms with van der Waals surface area (Å²) in [6.45, 7) is 1.87. The van der Waals surface area contributed by atoms with Crippen molar-refractivity contribution < 1.29 is 9.59 Å². The highest BCUT2D eigenvalue weighted by molar-refractivity contribution is 9.11. The number of thiophene rings is 1. The summed E-state index contributed by atoms with van der Waals surface area (Å²) in [5.74, 6) is -0.489. The zero-order valence-corrected chi connectivity index (χ0v) is 16.4. The first kappa shape index (κ1) is 18.2. The largest absolute Gasteiger partial charge is 0.332 e. The number of nitrogens with one attached hydrogen (secondary N) is 1. The molecule has 1 N–H and O–H groups in total. The van der Waals surface area contributed by atoms with Crippen molar-refractivity contribution in [3.63, 3.8) is 0 Å². The van der Waals surface area contributed by atoms with Gasteiger partial charge in [0.05, 0.1) is 20.9 Å². The van der Waals surface area contributed by atoms with Gasteiger partial charge in [0.1, 0.15) is 6.33 Å². The van der Waals surface area contributed by atoms with E-state index >= 15 is 0 Å². The van der Waals surface area contributed by atoms with E-state index < -0.39 is 0 Å². The van der Waals surface area contributed by atoms with Crippen molar-refractivity contribution >= 4 is 44.8 Å². The molecule has 0 fully saturated rings. The second kappa shape index (κ2) is 7.75. The highest BCUT2D eigenvalue weighted by atomic mass is 79.9. The molecule has 0 bridgehead atoms. The lowest BCUT2D eigenvalue weighted by molar-refractivity contribution is -0.116. The van der Waals surface area contributed by atoms with Gasteiger partial charge in [-0.15, -0.1) is 16.4 Å². The number of benzene rings is 1. The normalized spacial score (nSPS) is 10.6. The quantitative estimate of drug-likeness (QED) is 0.665. The standard InChI is InChI=1S/C16H15BrN6O2S/c1-10-3-4-11(7-12(10)23-9-18-20-21-23)19-15(24)8-22(2)16(25)13-5-6-14(17)26-13/h3-7,9H,8H2,1-2H3,(H,19,24). The molecule has 0 aliphatic rings. The Hall–Kier alpha value is -2.59. The lowest BCUT2D eigenvalue weighted by Gasteiger charge is -2.16. The average Bonchev–Trinajstić information content (AvgIpc) is 3.27. The van der Waals surface area contributed by atoms with E-state index in [2.05, 4.69) is 36.8 Å². The van der Waals surface area contributed by atoms with Crippen molar-refractivity contribution in [3.8, 4) is 5.69 Å². The first-order valence-corrected chi connectivity index (χ1v) is 9.19. The van der Waals surface area contributed by atoms with Crippen molar-refractivity contribution in [1.82, 2.24) is 25.1 Å². The Morgan fingerprint density at radius 2 is 2.12 bits per heavy atom. The number of carbonyl (C=O) groups is 2. The number of hydrogen-bond donors (Lipinski definition) is 1. The molecular formula is C16H15BrN6O2S. The van der Waals surface area contributed by atoms with E-state index in [4.69, 9.17) is 0 Å². The van der Waals surface area contributed by atoms with Gasteiger partial charge < -0.3 is 10.2 Å². The van der Waals surface area contributed by atoms with Crippen LogP contribution in [0.1, 0.15) is 15.2 Å². The maximum absolute atomic E-state index is 12.3. The molecule has 0 spiro atoms. The number of aromatic nitrogens is 4. The van der Waals surface area contributed by atoms with Gasteiger partial charge in [-0.25, -0.2) is 4.68 Å². The van der Waals surface area contributed by atoms with Gasteiger partial charge in [-0.05, 0) is 63.1 Å². The van der Waals surface area contributed by atoms with Gasteiger partial charge in [-0.1, -0.05) is 6.07 Å². The van der Waals surface area contributed by atoms with Crippen LogP contribution in [0.5, 0.6) is 0 Å². The summed E-state index contributed by atoms with van der Waals surface area (Å²) in [5, 5.41) is 13.9. The predicted octanol–water partition coefficient (Wildman–Crippen LogP) is 2.51. The molecule has 0 aliphatic heterocycles. The number of tetrazole rings is 1. The van der Waals surface area contributed by atoms with Crippen LogP contribution in [0.15, 0.2) is 40.4 Å². The zero-order chi connectivity index (χ0) is 18.7. The fourth-order valence-electron chi connectivity index (χ4n) is 2.31. The van der Waals surface area contributed by atoms with E-state index in [1.165, 1.54) is 27.2 Å². The third-order valence-electron chi connectivity index (χ3n) is 3.60. The van der Waals surface area contributed by atoms with Crippen LogP contribution >= 0.6 is 27.3 Å². The first-order valence-electron chi connectivity index (χ1n) is 7.58. The Kier molecular flexibility index (Phi) is 5.43. The summed E-state index contributed by atoms with van der Waals surface area (Å²) < 4.78 is 2.39. The summed E-state index contributed by atoms with van der Waals surface area (Å²) >= 11 is 4.66. The maximum Gasteiger partial charge on any atom is 0.264 e. The Morgan fingerprint density at radius 3 is 2.77 bits per heavy atom. The summed E-state index contributed by atoms with van der Waals surface area (Å²) in [5.41, 5.74) is 2.33. The number of aryl methyl sites for hydroxylation is 1. The van der Waals surface area contributed by atoms with Gasteiger partial charge in [0, 0.05) is 12.7 Å². The summed E-state index contributed by atoms with van der Waals surface area (Å²) in [7, 11) is 1.59. The molecule has 3 rings (SSSR count). The van der Waals surface area contributed by atoms with Crippen LogP contribution in [0.25, 0.3) is 5.69 Å². The fourth-order valence-corrected chi connectivity index (χ4v) is 3.69. The molecule has 26 heavy (non-hydrogen) atoms. The maximum atomic E-state index is 12.3. The second-order valence-corrected chi connectivity index (χ2v) is 8.03. The van der Waals surface area contributed by atoms with E-state index in [1.807, 2.05) is 13.0 Å². The van der Waals surface area contributed by atoms with Gasteiger partial charge in [0.25, 0.3) is 5.91 Å². The SMILES string of the molecule is Cc1ccc(NC(=O)CN(C)C(=O)c2ccc(Br)s2)cc1-n1cnnn1. The van der Waals surface area contributed by atoms with Gasteiger partial charge in [0.15, 0.2) is 0 Å². The lowest BCUT2D eigenvalue weighted by Crippen LogP contribution is -2.34. The number of nitrogens with zero attached hydrogens (tertiary/aromatic N) is 5. The van der Waals surface area contributed by atoms with Crippen LogP contribution in [0, 0.1) is 6.92 Å². The van der Waals surface area contributed by atoms with E-state index in [9.17, 15) is 9.59 Å². The fraction of sp³-hybridized carbons (Fsp3) is 0.188. The van der Waals surface area contributed by atoms with Crippen LogP contribution in [-0.4, -0.2) is 50.5 Å². The molecular weight excluding hydrogens is 420 g/mol. The van der Waals surface area contributed by atoms with Gasteiger partial charge in [-0.2, -0.15) is 0 Å². The number of amides is 2. The number of halogens is 1. The highest BCUT2D eigenvalue weighted by Crippen LogP contribution is 2.23. The summed E-state index contributed by atoms with van der Waals surface area (Å²) in [4.78, 5) is 26.6. The molecule has 8 nitrogen and oxygen atoms in total. The van der Waals surface area contributed by atoms with E-state index in [-0.39, 0.29) is 18.4 Å². The van der Waals surface area contributed by atoms with Crippen LogP contribution in [0.4, 0.5) is 5.69 Å². The molecule has 0 aliphatic carbocycles. The first-order chi connectivity index (χ1) is 12.4. The van der Waals surface area contributed by atoms with E-state index in [0.717, 1.165) is 15.0 Å². The topological polar surface area (TPSA) is 93.0 Å². The molecule has 0 saturated carbocycles. The van der Waals surface area contributed by atoms with Crippen LogP contribution in [0.2, 0.25) is 0 Å². The van der Waals surface area contributed by atoms with Gasteiger partial charge in [-0.3, -0.25) is 9.59 Å². The average molecular weight is 435 g/mol. The molecule has 0 atom stereocenters. The molecule has 10 heteroatoms. The van der Waals surface area contributed by atoms with Crippen LogP contribution in [-0.2, 0) is 4.79 Å². The molecule has 2 aromatic heterocycles.